The number of hydrogen-bond donors (Lipinski definition) is 1. The molecule has 2 heterocycles. The predicted octanol–water partition coefficient (Wildman–Crippen LogP) is 2.58. The van der Waals surface area contributed by atoms with Gasteiger partial charge in [-0.15, -0.1) is 0 Å². The van der Waals surface area contributed by atoms with E-state index in [1.54, 1.807) is 0 Å². The van der Waals surface area contributed by atoms with Gasteiger partial charge in [0.2, 0.25) is 0 Å². The average Bonchev–Trinajstić information content (AvgIpc) is 2.28. The second-order valence-corrected chi connectivity index (χ2v) is 7.74. The summed E-state index contributed by atoms with van der Waals surface area (Å²) in [7, 11) is 0. The minimum absolute atomic E-state index is 0.358. The first-order valence-corrected chi connectivity index (χ1v) is 8.23. The van der Waals surface area contributed by atoms with Crippen molar-refractivity contribution >= 4 is 11.8 Å². The molecule has 3 atom stereocenters. The molecule has 2 rings (SSSR count). The second kappa shape index (κ2) is 5.50. The number of likely N-dealkylation sites (tertiary alicyclic amines) is 1. The van der Waals surface area contributed by atoms with Crippen LogP contribution in [-0.2, 0) is 0 Å². The Kier molecular flexibility index (Phi) is 4.43. The van der Waals surface area contributed by atoms with E-state index in [9.17, 15) is 0 Å². The Bertz CT molecular complexity index is 253. The molecule has 0 bridgehead atoms. The molecule has 0 amide bonds. The number of piperidine rings is 1. The molecule has 0 aliphatic carbocycles. The van der Waals surface area contributed by atoms with Crippen molar-refractivity contribution in [1.82, 2.24) is 4.90 Å². The smallest absolute Gasteiger partial charge is 0.0237 e. The molecule has 0 aromatic carbocycles. The highest BCUT2D eigenvalue weighted by Gasteiger charge is 2.38. The molecule has 2 N–H and O–H groups in total. The summed E-state index contributed by atoms with van der Waals surface area (Å²) in [5.41, 5.74) is 6.59. The van der Waals surface area contributed by atoms with E-state index in [0.717, 1.165) is 6.04 Å². The Hall–Kier alpha value is 0.270. The molecule has 0 aromatic heterocycles. The van der Waals surface area contributed by atoms with E-state index in [0.29, 0.717) is 17.4 Å². The van der Waals surface area contributed by atoms with Crippen molar-refractivity contribution < 1.29 is 0 Å². The minimum Gasteiger partial charge on any atom is -0.328 e. The Balaban J connectivity index is 2.00. The standard InChI is InChI=1S/C14H28N2S/c1-11(15)12-5-4-7-16(9-12)13-10-17-8-6-14(13,2)3/h11-13H,4-10,15H2,1-3H3. The van der Waals surface area contributed by atoms with Crippen LogP contribution in [0.1, 0.15) is 40.0 Å². The van der Waals surface area contributed by atoms with Crippen molar-refractivity contribution in [2.75, 3.05) is 24.6 Å². The first-order chi connectivity index (χ1) is 8.00. The van der Waals surface area contributed by atoms with Crippen LogP contribution in [0.5, 0.6) is 0 Å². The lowest BCUT2D eigenvalue weighted by molar-refractivity contribution is 0.0528. The van der Waals surface area contributed by atoms with Gasteiger partial charge in [-0.2, -0.15) is 11.8 Å². The van der Waals surface area contributed by atoms with Gasteiger partial charge in [-0.1, -0.05) is 13.8 Å². The van der Waals surface area contributed by atoms with E-state index in [4.69, 9.17) is 5.73 Å². The first-order valence-electron chi connectivity index (χ1n) is 7.08. The number of nitrogens with zero attached hydrogens (tertiary/aromatic N) is 1. The molecule has 0 radical (unpaired) electrons. The summed E-state index contributed by atoms with van der Waals surface area (Å²) >= 11 is 2.14. The lowest BCUT2D eigenvalue weighted by atomic mass is 9.79. The highest BCUT2D eigenvalue weighted by atomic mass is 32.2. The summed E-state index contributed by atoms with van der Waals surface area (Å²) in [4.78, 5) is 2.74. The van der Waals surface area contributed by atoms with Crippen LogP contribution in [0.15, 0.2) is 0 Å². The van der Waals surface area contributed by atoms with Crippen molar-refractivity contribution in [3.05, 3.63) is 0 Å². The van der Waals surface area contributed by atoms with Crippen molar-refractivity contribution in [3.8, 4) is 0 Å². The van der Waals surface area contributed by atoms with Crippen LogP contribution >= 0.6 is 11.8 Å². The average molecular weight is 256 g/mol. The van der Waals surface area contributed by atoms with Crippen molar-refractivity contribution in [1.29, 1.82) is 0 Å². The van der Waals surface area contributed by atoms with Crippen LogP contribution in [0.4, 0.5) is 0 Å². The lowest BCUT2D eigenvalue weighted by Gasteiger charge is -2.48. The highest BCUT2D eigenvalue weighted by molar-refractivity contribution is 7.99. The molecule has 17 heavy (non-hydrogen) atoms. The van der Waals surface area contributed by atoms with Crippen molar-refractivity contribution in [3.63, 3.8) is 0 Å². The summed E-state index contributed by atoms with van der Waals surface area (Å²) < 4.78 is 0. The van der Waals surface area contributed by atoms with E-state index in [1.165, 1.54) is 43.9 Å². The van der Waals surface area contributed by atoms with Gasteiger partial charge in [-0.3, -0.25) is 4.90 Å². The van der Waals surface area contributed by atoms with Gasteiger partial charge in [0.1, 0.15) is 0 Å². The van der Waals surface area contributed by atoms with E-state index < -0.39 is 0 Å². The van der Waals surface area contributed by atoms with Gasteiger partial charge >= 0.3 is 0 Å². The van der Waals surface area contributed by atoms with Crippen molar-refractivity contribution in [2.24, 2.45) is 17.1 Å². The van der Waals surface area contributed by atoms with Gasteiger partial charge in [-0.05, 0) is 49.8 Å². The third-order valence-corrected chi connectivity index (χ3v) is 5.79. The summed E-state index contributed by atoms with van der Waals surface area (Å²) in [6.45, 7) is 9.60. The molecular formula is C14H28N2S. The third-order valence-electron chi connectivity index (χ3n) is 4.74. The van der Waals surface area contributed by atoms with E-state index in [1.807, 2.05) is 0 Å². The Morgan fingerprint density at radius 2 is 2.18 bits per heavy atom. The predicted molar refractivity (Wildman–Crippen MR) is 77.5 cm³/mol. The Labute approximate surface area is 111 Å². The van der Waals surface area contributed by atoms with Gasteiger partial charge in [-0.25, -0.2) is 0 Å². The monoisotopic (exact) mass is 256 g/mol. The number of thioether (sulfide) groups is 1. The van der Waals surface area contributed by atoms with Crippen molar-refractivity contribution in [2.45, 2.75) is 52.1 Å². The highest BCUT2D eigenvalue weighted by Crippen LogP contribution is 2.38. The summed E-state index contributed by atoms with van der Waals surface area (Å²) in [6, 6.07) is 1.12. The molecule has 2 aliphatic rings. The fraction of sp³-hybridized carbons (Fsp3) is 1.00. The maximum Gasteiger partial charge on any atom is 0.0237 e. The summed E-state index contributed by atoms with van der Waals surface area (Å²) in [5.74, 6) is 3.37. The van der Waals surface area contributed by atoms with Gasteiger partial charge in [0.25, 0.3) is 0 Å². The van der Waals surface area contributed by atoms with Crippen LogP contribution in [0, 0.1) is 11.3 Å². The van der Waals surface area contributed by atoms with E-state index >= 15 is 0 Å². The molecule has 0 spiro atoms. The number of nitrogens with two attached hydrogens (primary N) is 1. The van der Waals surface area contributed by atoms with E-state index in [2.05, 4.69) is 37.4 Å². The molecule has 3 unspecified atom stereocenters. The normalized spacial score (nSPS) is 36.7. The number of hydrogen-bond acceptors (Lipinski definition) is 3. The Morgan fingerprint density at radius 1 is 1.41 bits per heavy atom. The maximum atomic E-state index is 6.09. The fourth-order valence-corrected chi connectivity index (χ4v) is 5.00. The zero-order valence-electron chi connectivity index (χ0n) is 11.6. The number of rotatable bonds is 2. The molecular weight excluding hydrogens is 228 g/mol. The van der Waals surface area contributed by atoms with Crippen LogP contribution in [-0.4, -0.2) is 41.6 Å². The van der Waals surface area contributed by atoms with Crippen LogP contribution in [0.3, 0.4) is 0 Å². The van der Waals surface area contributed by atoms with E-state index in [-0.39, 0.29) is 0 Å². The van der Waals surface area contributed by atoms with Crippen LogP contribution < -0.4 is 5.73 Å². The second-order valence-electron chi connectivity index (χ2n) is 6.59. The summed E-state index contributed by atoms with van der Waals surface area (Å²) in [5, 5.41) is 0. The fourth-order valence-electron chi connectivity index (χ4n) is 3.27. The largest absolute Gasteiger partial charge is 0.328 e. The molecule has 2 aliphatic heterocycles. The lowest BCUT2D eigenvalue weighted by Crippen LogP contribution is -2.54. The summed E-state index contributed by atoms with van der Waals surface area (Å²) in [6.07, 6.45) is 4.03. The molecule has 3 heteroatoms. The molecule has 0 saturated carbocycles. The van der Waals surface area contributed by atoms with Gasteiger partial charge in [0, 0.05) is 24.4 Å². The topological polar surface area (TPSA) is 29.3 Å². The Morgan fingerprint density at radius 3 is 2.82 bits per heavy atom. The third kappa shape index (κ3) is 3.18. The van der Waals surface area contributed by atoms with Gasteiger partial charge < -0.3 is 5.73 Å². The minimum atomic E-state index is 0.358. The molecule has 2 saturated heterocycles. The van der Waals surface area contributed by atoms with Gasteiger partial charge in [0.15, 0.2) is 0 Å². The zero-order valence-corrected chi connectivity index (χ0v) is 12.4. The zero-order chi connectivity index (χ0) is 12.5. The molecule has 2 fully saturated rings. The SMILES string of the molecule is CC(N)C1CCCN(C2CSCCC2(C)C)C1. The van der Waals surface area contributed by atoms with Crippen LogP contribution in [0.25, 0.3) is 0 Å². The maximum absolute atomic E-state index is 6.09. The first kappa shape index (κ1) is 13.7. The van der Waals surface area contributed by atoms with Crippen LogP contribution in [0.2, 0.25) is 0 Å². The molecule has 2 nitrogen and oxygen atoms in total. The van der Waals surface area contributed by atoms with Gasteiger partial charge in [0.05, 0.1) is 0 Å². The molecule has 100 valence electrons. The quantitative estimate of drug-likeness (QED) is 0.823. The molecule has 0 aromatic rings.